The molecule has 0 aromatic heterocycles. The van der Waals surface area contributed by atoms with Gasteiger partial charge in [-0.3, -0.25) is 0 Å². The van der Waals surface area contributed by atoms with Gasteiger partial charge in [0.05, 0.1) is 0 Å². The number of nitrogens with zero attached hydrogens (tertiary/aromatic N) is 1. The minimum absolute atomic E-state index is 0.0822. The summed E-state index contributed by atoms with van der Waals surface area (Å²) < 4.78 is 0. The molecule has 58 valence electrons. The number of hydrogen-bond donors (Lipinski definition) is 3. The summed E-state index contributed by atoms with van der Waals surface area (Å²) in [4.78, 5) is 10.3. The van der Waals surface area contributed by atoms with E-state index in [9.17, 15) is 4.79 Å². The first kappa shape index (κ1) is 7.46. The Bertz CT molecular complexity index is 160. The van der Waals surface area contributed by atoms with Crippen molar-refractivity contribution in [2.45, 2.75) is 18.6 Å². The lowest BCUT2D eigenvalue weighted by atomic mass is 10.2. The fourth-order valence-electron chi connectivity index (χ4n) is 1.01. The summed E-state index contributed by atoms with van der Waals surface area (Å²) in [5.41, 5.74) is -2.04. The molecule has 1 rings (SSSR count). The molecule has 10 heavy (non-hydrogen) atoms. The number of hydrogen-bond acceptors (Lipinski definition) is 4. The molecule has 5 heteroatoms. The number of carboxylic acid groups (broad SMARTS) is 1. The molecule has 1 aliphatic rings. The maximum Gasteiger partial charge on any atom is 0.353 e. The number of carbonyl (C=O) groups is 1. The van der Waals surface area contributed by atoms with Crippen molar-refractivity contribution < 1.29 is 20.2 Å². The summed E-state index contributed by atoms with van der Waals surface area (Å²) in [6.45, 7) is 0.211. The molecule has 0 aromatic rings. The van der Waals surface area contributed by atoms with Crippen LogP contribution in [0.15, 0.2) is 0 Å². The van der Waals surface area contributed by atoms with E-state index in [1.165, 1.54) is 0 Å². The van der Waals surface area contributed by atoms with Crippen LogP contribution in [0.5, 0.6) is 0 Å². The van der Waals surface area contributed by atoms with Crippen LogP contribution in [0.2, 0.25) is 0 Å². The number of aliphatic carboxylic acids is 1. The molecule has 1 atom stereocenters. The molecule has 0 saturated carbocycles. The quantitative estimate of drug-likeness (QED) is 0.454. The average Bonchev–Trinajstić information content (AvgIpc) is 2.15. The normalized spacial score (nSPS) is 34.6. The molecule has 1 fully saturated rings. The Morgan fingerprint density at radius 3 is 2.40 bits per heavy atom. The minimum atomic E-state index is -2.04. The summed E-state index contributed by atoms with van der Waals surface area (Å²) in [7, 11) is 0. The van der Waals surface area contributed by atoms with E-state index in [0.717, 1.165) is 0 Å². The largest absolute Gasteiger partial charge is 0.478 e. The lowest BCUT2D eigenvalue weighted by Crippen LogP contribution is -2.48. The van der Waals surface area contributed by atoms with Crippen molar-refractivity contribution in [2.75, 3.05) is 6.54 Å². The van der Waals surface area contributed by atoms with Crippen molar-refractivity contribution in [3.63, 3.8) is 0 Å². The van der Waals surface area contributed by atoms with Crippen LogP contribution in [0.25, 0.3) is 0 Å². The third-order valence-electron chi connectivity index (χ3n) is 1.66. The van der Waals surface area contributed by atoms with Crippen LogP contribution in [-0.4, -0.2) is 38.7 Å². The Hall–Kier alpha value is -0.650. The van der Waals surface area contributed by atoms with E-state index in [1.807, 2.05) is 0 Å². The molecule has 0 amide bonds. The van der Waals surface area contributed by atoms with Crippen LogP contribution < -0.4 is 0 Å². The van der Waals surface area contributed by atoms with Crippen molar-refractivity contribution in [1.82, 2.24) is 5.06 Å². The van der Waals surface area contributed by atoms with Gasteiger partial charge in [0.1, 0.15) is 0 Å². The van der Waals surface area contributed by atoms with E-state index in [4.69, 9.17) is 15.4 Å². The predicted molar refractivity (Wildman–Crippen MR) is 30.3 cm³/mol. The van der Waals surface area contributed by atoms with Crippen molar-refractivity contribution in [1.29, 1.82) is 0 Å². The molecule has 0 aromatic carbocycles. The highest BCUT2D eigenvalue weighted by Crippen LogP contribution is 2.24. The maximum absolute atomic E-state index is 10.3. The maximum atomic E-state index is 10.3. The second-order valence-corrected chi connectivity index (χ2v) is 2.35. The van der Waals surface area contributed by atoms with Gasteiger partial charge in [0, 0.05) is 13.0 Å². The second-order valence-electron chi connectivity index (χ2n) is 2.35. The van der Waals surface area contributed by atoms with E-state index >= 15 is 0 Å². The van der Waals surface area contributed by atoms with Gasteiger partial charge >= 0.3 is 5.97 Å². The molecule has 1 saturated heterocycles. The van der Waals surface area contributed by atoms with Gasteiger partial charge < -0.3 is 15.4 Å². The monoisotopic (exact) mass is 147 g/mol. The van der Waals surface area contributed by atoms with Gasteiger partial charge in [-0.15, -0.1) is 0 Å². The Balaban J connectivity index is 2.75. The van der Waals surface area contributed by atoms with E-state index in [2.05, 4.69) is 0 Å². The van der Waals surface area contributed by atoms with E-state index in [-0.39, 0.29) is 13.0 Å². The third kappa shape index (κ3) is 0.880. The fourth-order valence-corrected chi connectivity index (χ4v) is 1.01. The molecule has 5 nitrogen and oxygen atoms in total. The van der Waals surface area contributed by atoms with Crippen LogP contribution in [0.3, 0.4) is 0 Å². The second kappa shape index (κ2) is 2.19. The van der Waals surface area contributed by atoms with Crippen LogP contribution in [0.1, 0.15) is 12.8 Å². The molecule has 0 aliphatic carbocycles. The zero-order chi connectivity index (χ0) is 7.78. The molecular formula is C5H9NO4. The van der Waals surface area contributed by atoms with Crippen molar-refractivity contribution in [3.05, 3.63) is 0 Å². The molecule has 0 bridgehead atoms. The van der Waals surface area contributed by atoms with Crippen molar-refractivity contribution in [2.24, 2.45) is 0 Å². The SMILES string of the molecule is O=C(O)[C@@]1(O)CCCN1O. The van der Waals surface area contributed by atoms with E-state index < -0.39 is 11.7 Å². The molecular weight excluding hydrogens is 138 g/mol. The average molecular weight is 147 g/mol. The standard InChI is InChI=1S/C5H9NO4/c7-4(8)5(9)2-1-3-6(5)10/h9-10H,1-3H2,(H,7,8)/t5-/m0/s1. The van der Waals surface area contributed by atoms with Gasteiger partial charge in [-0.2, -0.15) is 5.06 Å². The van der Waals surface area contributed by atoms with Gasteiger partial charge in [-0.1, -0.05) is 0 Å². The summed E-state index contributed by atoms with van der Waals surface area (Å²) >= 11 is 0. The number of rotatable bonds is 1. The highest BCUT2D eigenvalue weighted by Gasteiger charge is 2.45. The van der Waals surface area contributed by atoms with Gasteiger partial charge in [0.15, 0.2) is 0 Å². The van der Waals surface area contributed by atoms with Crippen molar-refractivity contribution >= 4 is 5.97 Å². The van der Waals surface area contributed by atoms with Gasteiger partial charge in [-0.25, -0.2) is 4.79 Å². The smallest absolute Gasteiger partial charge is 0.353 e. The van der Waals surface area contributed by atoms with Crippen LogP contribution in [0, 0.1) is 0 Å². The summed E-state index contributed by atoms with van der Waals surface area (Å²) in [6.07, 6.45) is 0.581. The summed E-state index contributed by atoms with van der Waals surface area (Å²) in [6, 6.07) is 0. The van der Waals surface area contributed by atoms with E-state index in [1.54, 1.807) is 0 Å². The molecule has 3 N–H and O–H groups in total. The predicted octanol–water partition coefficient (Wildman–Crippen LogP) is -0.755. The Kier molecular flexibility index (Phi) is 1.63. The zero-order valence-electron chi connectivity index (χ0n) is 5.32. The number of aliphatic hydroxyl groups is 1. The topological polar surface area (TPSA) is 81.0 Å². The van der Waals surface area contributed by atoms with Crippen molar-refractivity contribution in [3.8, 4) is 0 Å². The number of carboxylic acids is 1. The fraction of sp³-hybridized carbons (Fsp3) is 0.800. The molecule has 0 unspecified atom stereocenters. The highest BCUT2D eigenvalue weighted by molar-refractivity contribution is 5.76. The lowest BCUT2D eigenvalue weighted by molar-refractivity contribution is -0.243. The summed E-state index contributed by atoms with van der Waals surface area (Å²) in [5.74, 6) is -1.40. The van der Waals surface area contributed by atoms with Gasteiger partial charge in [0.25, 0.3) is 0 Å². The van der Waals surface area contributed by atoms with Gasteiger partial charge in [-0.05, 0) is 6.42 Å². The first-order valence-electron chi connectivity index (χ1n) is 2.99. The summed E-state index contributed by atoms with van der Waals surface area (Å²) in [5, 5.41) is 26.8. The molecule has 0 spiro atoms. The minimum Gasteiger partial charge on any atom is -0.478 e. The molecule has 1 aliphatic heterocycles. The highest BCUT2D eigenvalue weighted by atomic mass is 16.6. The molecule has 0 radical (unpaired) electrons. The van der Waals surface area contributed by atoms with Gasteiger partial charge in [0.2, 0.25) is 5.72 Å². The Labute approximate surface area is 57.5 Å². The first-order valence-corrected chi connectivity index (χ1v) is 2.99. The van der Waals surface area contributed by atoms with Crippen LogP contribution >= 0.6 is 0 Å². The van der Waals surface area contributed by atoms with Crippen LogP contribution in [-0.2, 0) is 4.79 Å². The van der Waals surface area contributed by atoms with Crippen LogP contribution in [0.4, 0.5) is 0 Å². The number of hydroxylamine groups is 2. The van der Waals surface area contributed by atoms with E-state index in [0.29, 0.717) is 11.5 Å². The Morgan fingerprint density at radius 2 is 2.20 bits per heavy atom. The Morgan fingerprint density at radius 1 is 1.60 bits per heavy atom. The lowest BCUT2D eigenvalue weighted by Gasteiger charge is -2.22. The zero-order valence-corrected chi connectivity index (χ0v) is 5.32. The molecule has 1 heterocycles. The third-order valence-corrected chi connectivity index (χ3v) is 1.66. The first-order chi connectivity index (χ1) is 4.57.